The lowest BCUT2D eigenvalue weighted by atomic mass is 10.2. The molecule has 4 aromatic rings. The maximum atomic E-state index is 13.1. The fourth-order valence-corrected chi connectivity index (χ4v) is 4.17. The van der Waals surface area contributed by atoms with Gasteiger partial charge in [-0.25, -0.2) is 17.7 Å². The molecule has 0 bridgehead atoms. The Morgan fingerprint density at radius 1 is 0.964 bits per heavy atom. The summed E-state index contributed by atoms with van der Waals surface area (Å²) in [7, 11) is -3.83. The lowest BCUT2D eigenvalue weighted by molar-refractivity contribution is 0.422. The number of aromatic nitrogens is 2. The van der Waals surface area contributed by atoms with Crippen molar-refractivity contribution in [1.82, 2.24) is 10.1 Å². The lowest BCUT2D eigenvalue weighted by Gasteiger charge is -2.18. The molecule has 0 saturated carbocycles. The van der Waals surface area contributed by atoms with Gasteiger partial charge in [0.2, 0.25) is 0 Å². The Hall–Kier alpha value is -3.39. The van der Waals surface area contributed by atoms with E-state index in [4.69, 9.17) is 8.94 Å². The van der Waals surface area contributed by atoms with Crippen LogP contribution in [0.25, 0.3) is 22.6 Å². The first-order valence-electron chi connectivity index (χ1n) is 8.64. The molecule has 0 saturated heterocycles. The smallest absolute Gasteiger partial charge is 0.312 e. The molecule has 0 amide bonds. The van der Waals surface area contributed by atoms with Crippen LogP contribution < -0.4 is 4.31 Å². The molecule has 28 heavy (non-hydrogen) atoms. The third-order valence-corrected chi connectivity index (χ3v) is 6.09. The van der Waals surface area contributed by atoms with E-state index in [1.54, 1.807) is 25.1 Å². The number of benzene rings is 2. The molecule has 142 valence electrons. The normalized spacial score (nSPS) is 11.5. The highest BCUT2D eigenvalue weighted by Crippen LogP contribution is 2.28. The predicted molar refractivity (Wildman–Crippen MR) is 104 cm³/mol. The van der Waals surface area contributed by atoms with E-state index in [2.05, 4.69) is 10.1 Å². The molecule has 0 aliphatic rings. The van der Waals surface area contributed by atoms with Gasteiger partial charge in [0.05, 0.1) is 11.1 Å². The van der Waals surface area contributed by atoms with Crippen molar-refractivity contribution in [2.45, 2.75) is 11.8 Å². The van der Waals surface area contributed by atoms with Gasteiger partial charge in [0, 0.05) is 23.7 Å². The van der Waals surface area contributed by atoms with E-state index in [1.807, 2.05) is 30.3 Å². The molecular weight excluding hydrogens is 378 g/mol. The number of nitrogens with zero attached hydrogens (tertiary/aromatic N) is 3. The molecule has 0 fully saturated rings. The number of rotatable bonds is 6. The number of hydrogen-bond acceptors (Lipinski definition) is 6. The summed E-state index contributed by atoms with van der Waals surface area (Å²) >= 11 is 0. The predicted octanol–water partition coefficient (Wildman–Crippen LogP) is 4.21. The standard InChI is InChI=1S/C20H17N3O4S/c1-2-23(20-21-14-19(27-20)16-6-4-3-5-7-16)28(24,25)17-10-8-15(9-11-17)18-12-13-26-22-18/h3-14H,2H2,1H3. The Morgan fingerprint density at radius 2 is 1.71 bits per heavy atom. The first kappa shape index (κ1) is 18.0. The minimum atomic E-state index is -3.83. The van der Waals surface area contributed by atoms with Crippen molar-refractivity contribution in [3.8, 4) is 22.6 Å². The van der Waals surface area contributed by atoms with Gasteiger partial charge in [0.1, 0.15) is 12.0 Å². The zero-order chi connectivity index (χ0) is 19.6. The number of anilines is 1. The second-order valence-electron chi connectivity index (χ2n) is 5.95. The Labute approximate surface area is 162 Å². The minimum Gasteiger partial charge on any atom is -0.423 e. The topological polar surface area (TPSA) is 89.4 Å². The molecule has 0 aliphatic carbocycles. The Kier molecular flexibility index (Phi) is 4.70. The highest BCUT2D eigenvalue weighted by molar-refractivity contribution is 7.92. The van der Waals surface area contributed by atoms with Gasteiger partial charge in [-0.1, -0.05) is 47.6 Å². The summed E-state index contributed by atoms with van der Waals surface area (Å²) in [5.41, 5.74) is 2.22. The molecule has 0 aliphatic heterocycles. The molecule has 7 nitrogen and oxygen atoms in total. The molecule has 8 heteroatoms. The molecule has 0 atom stereocenters. The van der Waals surface area contributed by atoms with Crippen LogP contribution >= 0.6 is 0 Å². The van der Waals surface area contributed by atoms with Gasteiger partial charge in [0.15, 0.2) is 5.76 Å². The maximum absolute atomic E-state index is 13.1. The number of hydrogen-bond donors (Lipinski definition) is 0. The monoisotopic (exact) mass is 395 g/mol. The van der Waals surface area contributed by atoms with Crippen LogP contribution in [0.2, 0.25) is 0 Å². The van der Waals surface area contributed by atoms with Crippen LogP contribution in [0.15, 0.2) is 87.0 Å². The van der Waals surface area contributed by atoms with E-state index in [0.29, 0.717) is 11.5 Å². The van der Waals surface area contributed by atoms with E-state index in [0.717, 1.165) is 15.4 Å². The van der Waals surface area contributed by atoms with Gasteiger partial charge in [-0.15, -0.1) is 0 Å². The summed E-state index contributed by atoms with van der Waals surface area (Å²) in [6, 6.07) is 17.6. The highest BCUT2D eigenvalue weighted by atomic mass is 32.2. The van der Waals surface area contributed by atoms with Gasteiger partial charge in [0.25, 0.3) is 10.0 Å². The van der Waals surface area contributed by atoms with Crippen LogP contribution in [0, 0.1) is 0 Å². The number of oxazole rings is 1. The minimum absolute atomic E-state index is 0.0296. The SMILES string of the molecule is CCN(c1ncc(-c2ccccc2)o1)S(=O)(=O)c1ccc(-c2ccon2)cc1. The summed E-state index contributed by atoms with van der Waals surface area (Å²) in [6.45, 7) is 1.91. The highest BCUT2D eigenvalue weighted by Gasteiger charge is 2.27. The van der Waals surface area contributed by atoms with Crippen molar-refractivity contribution < 1.29 is 17.4 Å². The molecule has 0 unspecified atom stereocenters. The van der Waals surface area contributed by atoms with E-state index < -0.39 is 10.0 Å². The molecule has 0 radical (unpaired) electrons. The van der Waals surface area contributed by atoms with Crippen molar-refractivity contribution in [3.63, 3.8) is 0 Å². The van der Waals surface area contributed by atoms with E-state index in [-0.39, 0.29) is 17.5 Å². The Morgan fingerprint density at radius 3 is 2.36 bits per heavy atom. The Bertz CT molecular complexity index is 1150. The van der Waals surface area contributed by atoms with Crippen LogP contribution in [0.1, 0.15) is 6.92 Å². The molecule has 0 N–H and O–H groups in total. The quantitative estimate of drug-likeness (QED) is 0.486. The second kappa shape index (κ2) is 7.32. The molecule has 2 heterocycles. The molecule has 4 rings (SSSR count). The van der Waals surface area contributed by atoms with Crippen molar-refractivity contribution in [3.05, 3.63) is 73.1 Å². The van der Waals surface area contributed by atoms with Crippen LogP contribution in [0.5, 0.6) is 0 Å². The lowest BCUT2D eigenvalue weighted by Crippen LogP contribution is -2.31. The van der Waals surface area contributed by atoms with Crippen LogP contribution in [-0.2, 0) is 10.0 Å². The summed E-state index contributed by atoms with van der Waals surface area (Å²) in [4.78, 5) is 4.31. The van der Waals surface area contributed by atoms with Crippen LogP contribution in [0.4, 0.5) is 6.01 Å². The van der Waals surface area contributed by atoms with Gasteiger partial charge in [-0.3, -0.25) is 0 Å². The summed E-state index contributed by atoms with van der Waals surface area (Å²) in [6.07, 6.45) is 2.99. The van der Waals surface area contributed by atoms with Crippen LogP contribution in [0.3, 0.4) is 0 Å². The average Bonchev–Trinajstić information content (AvgIpc) is 3.42. The van der Waals surface area contributed by atoms with Crippen molar-refractivity contribution in [2.24, 2.45) is 0 Å². The maximum Gasteiger partial charge on any atom is 0.312 e. The van der Waals surface area contributed by atoms with Crippen molar-refractivity contribution in [1.29, 1.82) is 0 Å². The first-order chi connectivity index (χ1) is 13.6. The third-order valence-electron chi connectivity index (χ3n) is 4.23. The van der Waals surface area contributed by atoms with Gasteiger partial charge in [-0.05, 0) is 19.1 Å². The van der Waals surface area contributed by atoms with E-state index in [9.17, 15) is 8.42 Å². The third kappa shape index (κ3) is 3.29. The van der Waals surface area contributed by atoms with Gasteiger partial charge in [-0.2, -0.15) is 0 Å². The zero-order valence-corrected chi connectivity index (χ0v) is 15.8. The summed E-state index contributed by atoms with van der Waals surface area (Å²) in [5, 5.41) is 3.85. The van der Waals surface area contributed by atoms with E-state index in [1.165, 1.54) is 24.6 Å². The van der Waals surface area contributed by atoms with Crippen molar-refractivity contribution in [2.75, 3.05) is 10.8 Å². The average molecular weight is 395 g/mol. The number of sulfonamides is 1. The largest absolute Gasteiger partial charge is 0.423 e. The fourth-order valence-electron chi connectivity index (χ4n) is 2.81. The molecular formula is C20H17N3O4S. The zero-order valence-electron chi connectivity index (χ0n) is 15.0. The summed E-state index contributed by atoms with van der Waals surface area (Å²) in [5.74, 6) is 0.505. The molecule has 0 spiro atoms. The Balaban J connectivity index is 1.65. The fraction of sp³-hybridized carbons (Fsp3) is 0.100. The first-order valence-corrected chi connectivity index (χ1v) is 10.1. The second-order valence-corrected chi connectivity index (χ2v) is 7.81. The van der Waals surface area contributed by atoms with E-state index >= 15 is 0 Å². The summed E-state index contributed by atoms with van der Waals surface area (Å²) < 4.78 is 37.9. The molecule has 2 aromatic heterocycles. The van der Waals surface area contributed by atoms with Crippen molar-refractivity contribution >= 4 is 16.0 Å². The van der Waals surface area contributed by atoms with Gasteiger partial charge >= 0.3 is 6.01 Å². The molecule has 2 aromatic carbocycles. The van der Waals surface area contributed by atoms with Gasteiger partial charge < -0.3 is 8.94 Å². The van der Waals surface area contributed by atoms with Crippen LogP contribution in [-0.4, -0.2) is 25.1 Å².